The van der Waals surface area contributed by atoms with Crippen LogP contribution < -0.4 is 10.9 Å². The molecular weight excluding hydrogens is 390 g/mol. The van der Waals surface area contributed by atoms with E-state index in [0.29, 0.717) is 33.7 Å². The van der Waals surface area contributed by atoms with Gasteiger partial charge in [0.25, 0.3) is 11.5 Å². The Labute approximate surface area is 172 Å². The fourth-order valence-electron chi connectivity index (χ4n) is 3.02. The van der Waals surface area contributed by atoms with Crippen LogP contribution in [0.5, 0.6) is 0 Å². The highest BCUT2D eigenvalue weighted by molar-refractivity contribution is 7.20. The standard InChI is InChI=1S/C21H23N3O4S/c1-5-8-28-16(25)10-24-11-22-20-17(21(24)27)14(4)18(29-20)19(26)23-15-7-6-12(2)9-13(15)3/h6-7,9,11H,5,8,10H2,1-4H3,(H,23,26). The summed E-state index contributed by atoms with van der Waals surface area (Å²) < 4.78 is 6.25. The molecule has 0 aliphatic carbocycles. The van der Waals surface area contributed by atoms with Crippen LogP contribution in [0, 0.1) is 20.8 Å². The molecule has 2 aromatic heterocycles. The Morgan fingerprint density at radius 1 is 1.24 bits per heavy atom. The van der Waals surface area contributed by atoms with Crippen LogP contribution in [0.25, 0.3) is 10.2 Å². The number of aryl methyl sites for hydroxylation is 3. The summed E-state index contributed by atoms with van der Waals surface area (Å²) in [6.45, 7) is 7.64. The molecule has 0 unspecified atom stereocenters. The number of amides is 1. The van der Waals surface area contributed by atoms with Crippen LogP contribution in [0.1, 0.15) is 39.7 Å². The maximum absolute atomic E-state index is 12.8. The third-order valence-electron chi connectivity index (χ3n) is 4.52. The number of aromatic nitrogens is 2. The summed E-state index contributed by atoms with van der Waals surface area (Å²) in [4.78, 5) is 42.7. The van der Waals surface area contributed by atoms with Gasteiger partial charge in [-0.25, -0.2) is 4.98 Å². The Morgan fingerprint density at radius 3 is 2.69 bits per heavy atom. The number of hydrogen-bond acceptors (Lipinski definition) is 6. The minimum Gasteiger partial charge on any atom is -0.464 e. The first-order valence-electron chi connectivity index (χ1n) is 9.34. The van der Waals surface area contributed by atoms with E-state index in [9.17, 15) is 14.4 Å². The van der Waals surface area contributed by atoms with E-state index in [-0.39, 0.29) is 18.0 Å². The van der Waals surface area contributed by atoms with Gasteiger partial charge in [-0.3, -0.25) is 19.0 Å². The van der Waals surface area contributed by atoms with E-state index in [0.717, 1.165) is 28.2 Å². The molecule has 1 amide bonds. The molecule has 3 aromatic rings. The molecule has 0 bridgehead atoms. The number of thiophene rings is 1. The number of benzene rings is 1. The quantitative estimate of drug-likeness (QED) is 0.624. The lowest BCUT2D eigenvalue weighted by atomic mass is 10.1. The second-order valence-corrected chi connectivity index (χ2v) is 7.91. The van der Waals surface area contributed by atoms with Crippen LogP contribution >= 0.6 is 11.3 Å². The molecule has 0 atom stereocenters. The molecule has 1 aromatic carbocycles. The predicted molar refractivity (Wildman–Crippen MR) is 114 cm³/mol. The van der Waals surface area contributed by atoms with Crippen molar-refractivity contribution in [3.05, 3.63) is 56.4 Å². The summed E-state index contributed by atoms with van der Waals surface area (Å²) in [5.41, 5.74) is 2.99. The largest absolute Gasteiger partial charge is 0.464 e. The molecule has 2 heterocycles. The molecule has 8 heteroatoms. The summed E-state index contributed by atoms with van der Waals surface area (Å²) in [7, 11) is 0. The second-order valence-electron chi connectivity index (χ2n) is 6.91. The van der Waals surface area contributed by atoms with Gasteiger partial charge in [0.1, 0.15) is 11.4 Å². The Kier molecular flexibility index (Phi) is 6.12. The van der Waals surface area contributed by atoms with Crippen molar-refractivity contribution in [2.24, 2.45) is 0 Å². The lowest BCUT2D eigenvalue weighted by Gasteiger charge is -2.08. The second kappa shape index (κ2) is 8.57. The van der Waals surface area contributed by atoms with Crippen LogP contribution in [-0.2, 0) is 16.1 Å². The lowest BCUT2D eigenvalue weighted by molar-refractivity contribution is -0.144. The maximum Gasteiger partial charge on any atom is 0.326 e. The number of carbonyl (C=O) groups is 2. The molecule has 7 nitrogen and oxygen atoms in total. The molecule has 0 saturated carbocycles. The zero-order chi connectivity index (χ0) is 21.1. The zero-order valence-corrected chi connectivity index (χ0v) is 17.7. The van der Waals surface area contributed by atoms with Crippen molar-refractivity contribution in [2.45, 2.75) is 40.7 Å². The summed E-state index contributed by atoms with van der Waals surface area (Å²) >= 11 is 1.16. The van der Waals surface area contributed by atoms with Crippen molar-refractivity contribution in [1.29, 1.82) is 0 Å². The Balaban J connectivity index is 1.91. The van der Waals surface area contributed by atoms with Crippen LogP contribution in [0.2, 0.25) is 0 Å². The number of nitrogens with zero attached hydrogens (tertiary/aromatic N) is 2. The first-order chi connectivity index (χ1) is 13.8. The Morgan fingerprint density at radius 2 is 2.00 bits per heavy atom. The molecule has 152 valence electrons. The summed E-state index contributed by atoms with van der Waals surface area (Å²) in [6, 6.07) is 5.78. The molecule has 3 rings (SSSR count). The molecule has 0 radical (unpaired) electrons. The number of anilines is 1. The van der Waals surface area contributed by atoms with Gasteiger partial charge in [-0.2, -0.15) is 0 Å². The fourth-order valence-corrected chi connectivity index (χ4v) is 4.06. The van der Waals surface area contributed by atoms with Crippen LogP contribution in [-0.4, -0.2) is 28.0 Å². The van der Waals surface area contributed by atoms with Crippen LogP contribution in [0.3, 0.4) is 0 Å². The molecule has 0 spiro atoms. The van der Waals surface area contributed by atoms with Crippen LogP contribution in [0.15, 0.2) is 29.3 Å². The smallest absolute Gasteiger partial charge is 0.326 e. The highest BCUT2D eigenvalue weighted by Crippen LogP contribution is 2.28. The van der Waals surface area contributed by atoms with E-state index < -0.39 is 5.97 Å². The van der Waals surface area contributed by atoms with Gasteiger partial charge in [-0.1, -0.05) is 24.6 Å². The third-order valence-corrected chi connectivity index (χ3v) is 5.72. The molecule has 29 heavy (non-hydrogen) atoms. The molecule has 1 N–H and O–H groups in total. The number of hydrogen-bond donors (Lipinski definition) is 1. The first-order valence-corrected chi connectivity index (χ1v) is 10.2. The number of fused-ring (bicyclic) bond motifs is 1. The van der Waals surface area contributed by atoms with Crippen molar-refractivity contribution in [3.63, 3.8) is 0 Å². The molecule has 0 fully saturated rings. The van der Waals surface area contributed by atoms with Crippen molar-refractivity contribution in [1.82, 2.24) is 9.55 Å². The molecule has 0 aliphatic heterocycles. The summed E-state index contributed by atoms with van der Waals surface area (Å²) in [5.74, 6) is -0.776. The van der Waals surface area contributed by atoms with Gasteiger partial charge in [0, 0.05) is 5.69 Å². The minimum absolute atomic E-state index is 0.207. The van der Waals surface area contributed by atoms with E-state index in [2.05, 4.69) is 10.3 Å². The highest BCUT2D eigenvalue weighted by atomic mass is 32.1. The topological polar surface area (TPSA) is 90.3 Å². The SMILES string of the molecule is CCCOC(=O)Cn1cnc2sc(C(=O)Nc3ccc(C)cc3C)c(C)c2c1=O. The van der Waals surface area contributed by atoms with Crippen LogP contribution in [0.4, 0.5) is 5.69 Å². The predicted octanol–water partition coefficient (Wildman–Crippen LogP) is 3.59. The normalized spacial score (nSPS) is 10.9. The maximum atomic E-state index is 12.8. The number of rotatable bonds is 6. The number of nitrogens with one attached hydrogen (secondary N) is 1. The van der Waals surface area contributed by atoms with Gasteiger partial charge in [0.05, 0.1) is 23.2 Å². The van der Waals surface area contributed by atoms with E-state index >= 15 is 0 Å². The Bertz CT molecular complexity index is 1150. The van der Waals surface area contributed by atoms with Gasteiger partial charge < -0.3 is 10.1 Å². The van der Waals surface area contributed by atoms with Crippen molar-refractivity contribution >= 4 is 39.1 Å². The average molecular weight is 413 g/mol. The number of carbonyl (C=O) groups excluding carboxylic acids is 2. The summed E-state index contributed by atoms with van der Waals surface area (Å²) in [6.07, 6.45) is 2.03. The number of esters is 1. The van der Waals surface area contributed by atoms with Gasteiger partial charge in [0.15, 0.2) is 0 Å². The van der Waals surface area contributed by atoms with Gasteiger partial charge in [-0.05, 0) is 44.4 Å². The first kappa shape index (κ1) is 20.7. The molecule has 0 aliphatic rings. The lowest BCUT2D eigenvalue weighted by Crippen LogP contribution is -2.25. The van der Waals surface area contributed by atoms with Crippen molar-refractivity contribution in [2.75, 3.05) is 11.9 Å². The zero-order valence-electron chi connectivity index (χ0n) is 16.9. The average Bonchev–Trinajstić information content (AvgIpc) is 3.02. The van der Waals surface area contributed by atoms with Crippen molar-refractivity contribution < 1.29 is 14.3 Å². The minimum atomic E-state index is -0.490. The third kappa shape index (κ3) is 4.37. The van der Waals surface area contributed by atoms with Gasteiger partial charge >= 0.3 is 5.97 Å². The van der Waals surface area contributed by atoms with Gasteiger partial charge in [-0.15, -0.1) is 11.3 Å². The Hall–Kier alpha value is -3.00. The van der Waals surface area contributed by atoms with E-state index in [1.807, 2.05) is 39.0 Å². The van der Waals surface area contributed by atoms with E-state index in [1.54, 1.807) is 6.92 Å². The van der Waals surface area contributed by atoms with Gasteiger partial charge in [0.2, 0.25) is 0 Å². The monoisotopic (exact) mass is 413 g/mol. The fraction of sp³-hybridized carbons (Fsp3) is 0.333. The highest BCUT2D eigenvalue weighted by Gasteiger charge is 2.20. The number of ether oxygens (including phenoxy) is 1. The molecule has 0 saturated heterocycles. The van der Waals surface area contributed by atoms with Crippen molar-refractivity contribution in [3.8, 4) is 0 Å². The van der Waals surface area contributed by atoms with E-state index in [4.69, 9.17) is 4.74 Å². The summed E-state index contributed by atoms with van der Waals surface area (Å²) in [5, 5.41) is 3.26. The molecular formula is C21H23N3O4S. The van der Waals surface area contributed by atoms with E-state index in [1.165, 1.54) is 10.9 Å².